The number of rotatable bonds is 6. The maximum Gasteiger partial charge on any atom is 0.335 e. The summed E-state index contributed by atoms with van der Waals surface area (Å²) in [6.07, 6.45) is -8.25. The lowest BCUT2D eigenvalue weighted by atomic mass is 9.86. The Hall–Kier alpha value is -3.25. The highest BCUT2D eigenvalue weighted by molar-refractivity contribution is 5.73. The highest BCUT2D eigenvalue weighted by Gasteiger charge is 2.49. The number of carboxylic acids is 1. The fourth-order valence-corrected chi connectivity index (χ4v) is 5.06. The second-order valence-electron chi connectivity index (χ2n) is 8.88. The van der Waals surface area contributed by atoms with Crippen LogP contribution in [0.4, 0.5) is 0 Å². The smallest absolute Gasteiger partial charge is 0.335 e. The molecule has 36 heavy (non-hydrogen) atoms. The molecule has 5 rings (SSSR count). The molecular weight excluding hydrogens is 476 g/mol. The molecule has 0 aliphatic carbocycles. The number of aliphatic carboxylic acids is 1. The first-order chi connectivity index (χ1) is 17.3. The molecule has 0 spiro atoms. The predicted octanol–water partition coefficient (Wildman–Crippen LogP) is 1.15. The average Bonchev–Trinajstić information content (AvgIpc) is 3.26. The van der Waals surface area contributed by atoms with Crippen molar-refractivity contribution >= 4 is 5.97 Å². The molecule has 0 bridgehead atoms. The maximum atomic E-state index is 11.4. The van der Waals surface area contributed by atoms with Gasteiger partial charge in [0.15, 0.2) is 17.6 Å². The second kappa shape index (κ2) is 9.32. The van der Waals surface area contributed by atoms with Crippen molar-refractivity contribution in [1.29, 1.82) is 0 Å². The topological polar surface area (TPSA) is 153 Å². The van der Waals surface area contributed by atoms with E-state index in [2.05, 4.69) is 0 Å². The van der Waals surface area contributed by atoms with Gasteiger partial charge in [0, 0.05) is 17.2 Å². The normalized spacial score (nSPS) is 30.2. The molecule has 2 aromatic rings. The standard InChI is InChI=1S/C25H28O11/c1-4-10-7-11(34-25-19(28)17(26)18(27)23(36-25)24(29)30)8-15-16(10)20-13(9-33-15)12-5-6-14(31-2)22(32-3)21(12)35-20/h5-8,13,17-20,23,25-28H,4,9H2,1-3H3,(H,29,30)/t13-,17-,18-,19+,20-,23-,25-/m0/s1. The van der Waals surface area contributed by atoms with Crippen molar-refractivity contribution < 1.29 is 53.6 Å². The molecule has 0 aromatic heterocycles. The Bertz CT molecular complexity index is 1150. The zero-order chi connectivity index (χ0) is 25.7. The summed E-state index contributed by atoms with van der Waals surface area (Å²) in [6, 6.07) is 7.12. The second-order valence-corrected chi connectivity index (χ2v) is 8.88. The first-order valence-electron chi connectivity index (χ1n) is 11.6. The summed E-state index contributed by atoms with van der Waals surface area (Å²) in [4.78, 5) is 11.4. The molecule has 3 heterocycles. The lowest BCUT2D eigenvalue weighted by Gasteiger charge is -2.38. The summed E-state index contributed by atoms with van der Waals surface area (Å²) >= 11 is 0. The number of methoxy groups -OCH3 is 2. The van der Waals surface area contributed by atoms with Crippen LogP contribution in [0.3, 0.4) is 0 Å². The van der Waals surface area contributed by atoms with E-state index in [1.54, 1.807) is 26.4 Å². The lowest BCUT2D eigenvalue weighted by Crippen LogP contribution is -2.61. The molecule has 194 valence electrons. The van der Waals surface area contributed by atoms with Gasteiger partial charge in [0.25, 0.3) is 0 Å². The van der Waals surface area contributed by atoms with Crippen LogP contribution in [0.1, 0.15) is 35.6 Å². The quantitative estimate of drug-likeness (QED) is 0.448. The number of aryl methyl sites for hydroxylation is 1. The minimum atomic E-state index is -1.80. The first-order valence-corrected chi connectivity index (χ1v) is 11.6. The molecule has 3 aliphatic rings. The fraction of sp³-hybridized carbons (Fsp3) is 0.480. The van der Waals surface area contributed by atoms with Gasteiger partial charge in [0.05, 0.1) is 26.7 Å². The average molecular weight is 504 g/mol. The Morgan fingerprint density at radius 2 is 1.86 bits per heavy atom. The third kappa shape index (κ3) is 3.79. The number of benzene rings is 2. The van der Waals surface area contributed by atoms with Crippen molar-refractivity contribution in [3.8, 4) is 28.7 Å². The van der Waals surface area contributed by atoms with Crippen LogP contribution in [0.5, 0.6) is 28.7 Å². The number of carbonyl (C=O) groups is 1. The molecule has 0 radical (unpaired) electrons. The van der Waals surface area contributed by atoms with Crippen molar-refractivity contribution in [3.05, 3.63) is 41.0 Å². The summed E-state index contributed by atoms with van der Waals surface area (Å²) < 4.78 is 34.5. The van der Waals surface area contributed by atoms with Gasteiger partial charge in [0.2, 0.25) is 12.0 Å². The van der Waals surface area contributed by atoms with Crippen molar-refractivity contribution in [1.82, 2.24) is 0 Å². The van der Waals surface area contributed by atoms with Crippen molar-refractivity contribution in [2.45, 2.75) is 56.1 Å². The zero-order valence-electron chi connectivity index (χ0n) is 19.9. The van der Waals surface area contributed by atoms with E-state index in [1.165, 1.54) is 0 Å². The molecular formula is C25H28O11. The van der Waals surface area contributed by atoms with E-state index in [0.717, 1.165) is 16.7 Å². The largest absolute Gasteiger partial charge is 0.493 e. The molecule has 1 saturated heterocycles. The van der Waals surface area contributed by atoms with Gasteiger partial charge in [-0.25, -0.2) is 4.79 Å². The van der Waals surface area contributed by atoms with Gasteiger partial charge in [-0.3, -0.25) is 0 Å². The summed E-state index contributed by atoms with van der Waals surface area (Å²) in [7, 11) is 3.12. The Morgan fingerprint density at radius 3 is 2.53 bits per heavy atom. The van der Waals surface area contributed by atoms with E-state index in [0.29, 0.717) is 36.0 Å². The Balaban J connectivity index is 1.46. The molecule has 11 heteroatoms. The third-order valence-electron chi connectivity index (χ3n) is 6.89. The Kier molecular flexibility index (Phi) is 6.33. The summed E-state index contributed by atoms with van der Waals surface area (Å²) in [5.74, 6) is 0.897. The minimum absolute atomic E-state index is 0.0687. The monoisotopic (exact) mass is 504 g/mol. The maximum absolute atomic E-state index is 11.4. The first kappa shape index (κ1) is 24.4. The number of hydrogen-bond donors (Lipinski definition) is 4. The van der Waals surface area contributed by atoms with E-state index in [-0.39, 0.29) is 17.8 Å². The Labute approximate surface area is 206 Å². The van der Waals surface area contributed by atoms with E-state index >= 15 is 0 Å². The van der Waals surface area contributed by atoms with Crippen LogP contribution in [-0.2, 0) is 16.0 Å². The number of carboxylic acid groups (broad SMARTS) is 1. The van der Waals surface area contributed by atoms with Crippen LogP contribution in [-0.4, -0.2) is 77.9 Å². The number of ether oxygens (including phenoxy) is 6. The van der Waals surface area contributed by atoms with Crippen molar-refractivity contribution in [3.63, 3.8) is 0 Å². The van der Waals surface area contributed by atoms with E-state index in [1.807, 2.05) is 19.1 Å². The number of aliphatic hydroxyl groups is 3. The molecule has 7 atom stereocenters. The van der Waals surface area contributed by atoms with E-state index in [4.69, 9.17) is 28.4 Å². The van der Waals surface area contributed by atoms with E-state index < -0.39 is 36.7 Å². The summed E-state index contributed by atoms with van der Waals surface area (Å²) in [5, 5.41) is 39.6. The van der Waals surface area contributed by atoms with Crippen LogP contribution < -0.4 is 23.7 Å². The van der Waals surface area contributed by atoms with Crippen LogP contribution >= 0.6 is 0 Å². The van der Waals surface area contributed by atoms with Gasteiger partial charge >= 0.3 is 5.97 Å². The van der Waals surface area contributed by atoms with Gasteiger partial charge in [-0.05, 0) is 24.1 Å². The van der Waals surface area contributed by atoms with Gasteiger partial charge in [0.1, 0.15) is 35.9 Å². The van der Waals surface area contributed by atoms with Crippen LogP contribution in [0, 0.1) is 0 Å². The van der Waals surface area contributed by atoms with Gasteiger partial charge in [-0.15, -0.1) is 0 Å². The minimum Gasteiger partial charge on any atom is -0.493 e. The molecule has 1 fully saturated rings. The van der Waals surface area contributed by atoms with Crippen LogP contribution in [0.15, 0.2) is 24.3 Å². The molecule has 4 N–H and O–H groups in total. The zero-order valence-corrected chi connectivity index (χ0v) is 19.9. The van der Waals surface area contributed by atoms with Gasteiger partial charge in [-0.1, -0.05) is 13.0 Å². The summed E-state index contributed by atoms with van der Waals surface area (Å²) in [5.41, 5.74) is 2.66. The SMILES string of the molecule is CCc1cc(O[C@H]2O[C@H](C(=O)O)[C@@H](O)[C@H](O)[C@H]2O)cc2c1[C@H]1Oc3c(ccc(OC)c3OC)[C@@H]1CO2. The van der Waals surface area contributed by atoms with Crippen molar-refractivity contribution in [2.24, 2.45) is 0 Å². The highest BCUT2D eigenvalue weighted by Crippen LogP contribution is 2.57. The number of fused-ring (bicyclic) bond motifs is 5. The van der Waals surface area contributed by atoms with Crippen molar-refractivity contribution in [2.75, 3.05) is 20.8 Å². The van der Waals surface area contributed by atoms with Gasteiger partial charge < -0.3 is 48.8 Å². The molecule has 3 aliphatic heterocycles. The molecule has 0 unspecified atom stereocenters. The molecule has 0 amide bonds. The summed E-state index contributed by atoms with van der Waals surface area (Å²) in [6.45, 7) is 2.29. The van der Waals surface area contributed by atoms with E-state index in [9.17, 15) is 25.2 Å². The van der Waals surface area contributed by atoms with Gasteiger partial charge in [-0.2, -0.15) is 0 Å². The number of hydrogen-bond acceptors (Lipinski definition) is 10. The lowest BCUT2D eigenvalue weighted by molar-refractivity contribution is -0.271. The fourth-order valence-electron chi connectivity index (χ4n) is 5.06. The molecule has 11 nitrogen and oxygen atoms in total. The predicted molar refractivity (Wildman–Crippen MR) is 122 cm³/mol. The third-order valence-corrected chi connectivity index (χ3v) is 6.89. The molecule has 0 saturated carbocycles. The van der Waals surface area contributed by atoms with Crippen LogP contribution in [0.2, 0.25) is 0 Å². The molecule has 2 aromatic carbocycles. The van der Waals surface area contributed by atoms with Crippen LogP contribution in [0.25, 0.3) is 0 Å². The Morgan fingerprint density at radius 1 is 1.08 bits per heavy atom. The highest BCUT2D eigenvalue weighted by atomic mass is 16.7. The number of aliphatic hydroxyl groups excluding tert-OH is 3.